The van der Waals surface area contributed by atoms with E-state index in [4.69, 9.17) is 9.47 Å². The molecule has 6 heteroatoms. The number of phenols is 1. The summed E-state index contributed by atoms with van der Waals surface area (Å²) in [7, 11) is 0. The molecule has 0 amide bonds. The van der Waals surface area contributed by atoms with Gasteiger partial charge in [0.25, 0.3) is 0 Å². The Morgan fingerprint density at radius 3 is 2.69 bits per heavy atom. The number of unbranched alkanes of at least 4 members (excludes halogenated alkanes) is 2. The normalized spacial score (nSPS) is 23.5. The van der Waals surface area contributed by atoms with E-state index in [2.05, 4.69) is 50.9 Å². The first-order chi connectivity index (χ1) is 16.7. The molecule has 3 atom stereocenters. The van der Waals surface area contributed by atoms with Gasteiger partial charge in [0.05, 0.1) is 31.0 Å². The largest absolute Gasteiger partial charge is 0.507 e. The first-order valence-electron chi connectivity index (χ1n) is 13.6. The first-order valence-corrected chi connectivity index (χ1v) is 13.6. The van der Waals surface area contributed by atoms with Crippen LogP contribution in [0.15, 0.2) is 17.8 Å². The Kier molecular flexibility index (Phi) is 8.12. The lowest BCUT2D eigenvalue weighted by Crippen LogP contribution is -2.48. The van der Waals surface area contributed by atoms with Crippen LogP contribution in [0.1, 0.15) is 83.8 Å². The van der Waals surface area contributed by atoms with Gasteiger partial charge < -0.3 is 19.9 Å². The van der Waals surface area contributed by atoms with Crippen molar-refractivity contribution in [1.82, 2.24) is 10.2 Å². The van der Waals surface area contributed by atoms with Crippen LogP contribution in [0.25, 0.3) is 5.57 Å². The third kappa shape index (κ3) is 5.54. The van der Waals surface area contributed by atoms with Gasteiger partial charge in [0, 0.05) is 31.1 Å². The number of nitrogens with zero attached hydrogens (tertiary/aromatic N) is 1. The number of carbonyl (C=O) groups is 1. The van der Waals surface area contributed by atoms with Crippen molar-refractivity contribution in [2.75, 3.05) is 39.4 Å². The van der Waals surface area contributed by atoms with Gasteiger partial charge in [-0.3, -0.25) is 9.69 Å². The summed E-state index contributed by atoms with van der Waals surface area (Å²) in [4.78, 5) is 15.7. The molecule has 0 saturated carbocycles. The molecule has 0 aliphatic carbocycles. The lowest BCUT2D eigenvalue weighted by atomic mass is 9.72. The number of hydrogen-bond donors (Lipinski definition) is 2. The van der Waals surface area contributed by atoms with Crippen LogP contribution in [-0.4, -0.2) is 60.8 Å². The van der Waals surface area contributed by atoms with Crippen molar-refractivity contribution in [3.05, 3.63) is 29.0 Å². The summed E-state index contributed by atoms with van der Waals surface area (Å²) in [6.07, 6.45) is 5.75. The SMILES string of the molecule is CCCCCC(C)C(C)c1cc(O)c2c(c1)OC(C)(C)C1CCNC(C(=O)CN3CCOCC3)=C21. The second-order valence-electron chi connectivity index (χ2n) is 11.2. The summed E-state index contributed by atoms with van der Waals surface area (Å²) in [6.45, 7) is 15.0. The van der Waals surface area contributed by atoms with E-state index in [1.165, 1.54) is 25.7 Å². The highest BCUT2D eigenvalue weighted by Crippen LogP contribution is 2.52. The molecule has 1 fully saturated rings. The van der Waals surface area contributed by atoms with E-state index < -0.39 is 5.60 Å². The molecule has 194 valence electrons. The van der Waals surface area contributed by atoms with E-state index in [0.29, 0.717) is 48.6 Å². The number of rotatable bonds is 9. The Bertz CT molecular complexity index is 948. The zero-order chi connectivity index (χ0) is 25.2. The highest BCUT2D eigenvalue weighted by atomic mass is 16.5. The van der Waals surface area contributed by atoms with Crippen molar-refractivity contribution in [2.45, 2.75) is 78.2 Å². The number of carbonyl (C=O) groups excluding carboxylic acids is 1. The molecule has 3 aliphatic heterocycles. The summed E-state index contributed by atoms with van der Waals surface area (Å²) in [5.41, 5.74) is 2.91. The number of aromatic hydroxyl groups is 1. The quantitative estimate of drug-likeness (QED) is 0.475. The molecule has 0 aromatic heterocycles. The second kappa shape index (κ2) is 10.9. The van der Waals surface area contributed by atoms with Crippen molar-refractivity contribution >= 4 is 11.4 Å². The Labute approximate surface area is 211 Å². The molecular weight excluding hydrogens is 440 g/mol. The van der Waals surface area contributed by atoms with Crippen LogP contribution in [0.3, 0.4) is 0 Å². The molecular formula is C29H44N2O4. The molecule has 0 radical (unpaired) electrons. The minimum atomic E-state index is -0.462. The molecule has 2 N–H and O–H groups in total. The molecule has 1 aromatic rings. The van der Waals surface area contributed by atoms with E-state index >= 15 is 0 Å². The minimum absolute atomic E-state index is 0.0435. The molecule has 1 aromatic carbocycles. The Morgan fingerprint density at radius 2 is 1.97 bits per heavy atom. The molecule has 6 nitrogen and oxygen atoms in total. The van der Waals surface area contributed by atoms with Crippen molar-refractivity contribution in [2.24, 2.45) is 11.8 Å². The average Bonchev–Trinajstić information content (AvgIpc) is 2.83. The fourth-order valence-electron chi connectivity index (χ4n) is 5.92. The standard InChI is InChI=1S/C29H44N2O4/c1-6-7-8-9-19(2)20(3)21-16-23(32)27-25(17-21)35-29(4,5)22-10-11-30-28(26(22)27)24(33)18-31-12-14-34-15-13-31/h16-17,19-20,22,30,32H,6-15,18H2,1-5H3. The zero-order valence-corrected chi connectivity index (χ0v) is 22.3. The van der Waals surface area contributed by atoms with Crippen LogP contribution in [0.2, 0.25) is 0 Å². The van der Waals surface area contributed by atoms with Gasteiger partial charge in [0.1, 0.15) is 17.1 Å². The Hall–Kier alpha value is -2.05. The highest BCUT2D eigenvalue weighted by Gasteiger charge is 2.45. The molecule has 0 spiro atoms. The topological polar surface area (TPSA) is 71.0 Å². The number of ether oxygens (including phenoxy) is 2. The van der Waals surface area contributed by atoms with Gasteiger partial charge in [-0.05, 0) is 49.8 Å². The number of ketones is 1. The number of hydrogen-bond acceptors (Lipinski definition) is 6. The average molecular weight is 485 g/mol. The number of phenolic OH excluding ortho intramolecular Hbond substituents is 1. The van der Waals surface area contributed by atoms with Gasteiger partial charge in [-0.25, -0.2) is 0 Å². The fourth-order valence-corrected chi connectivity index (χ4v) is 5.92. The Morgan fingerprint density at radius 1 is 1.23 bits per heavy atom. The smallest absolute Gasteiger partial charge is 0.192 e. The van der Waals surface area contributed by atoms with E-state index in [1.807, 2.05) is 6.07 Å². The predicted octanol–water partition coefficient (Wildman–Crippen LogP) is 5.11. The van der Waals surface area contributed by atoms with E-state index in [-0.39, 0.29) is 17.5 Å². The summed E-state index contributed by atoms with van der Waals surface area (Å²) in [5, 5.41) is 14.7. The van der Waals surface area contributed by atoms with Crippen molar-refractivity contribution < 1.29 is 19.4 Å². The third-order valence-electron chi connectivity index (χ3n) is 8.33. The molecule has 3 heterocycles. The molecule has 1 saturated heterocycles. The van der Waals surface area contributed by atoms with Crippen LogP contribution >= 0.6 is 0 Å². The van der Waals surface area contributed by atoms with E-state index in [0.717, 1.165) is 37.2 Å². The van der Waals surface area contributed by atoms with Crippen molar-refractivity contribution in [3.63, 3.8) is 0 Å². The van der Waals surface area contributed by atoms with Gasteiger partial charge >= 0.3 is 0 Å². The summed E-state index contributed by atoms with van der Waals surface area (Å²) >= 11 is 0. The molecule has 3 unspecified atom stereocenters. The number of nitrogens with one attached hydrogen (secondary N) is 1. The van der Waals surface area contributed by atoms with Crippen LogP contribution in [-0.2, 0) is 9.53 Å². The van der Waals surface area contributed by atoms with Gasteiger partial charge in [-0.2, -0.15) is 0 Å². The van der Waals surface area contributed by atoms with Gasteiger partial charge in [0.15, 0.2) is 5.78 Å². The lowest BCUT2D eigenvalue weighted by molar-refractivity contribution is -0.118. The van der Waals surface area contributed by atoms with Crippen molar-refractivity contribution in [3.8, 4) is 11.5 Å². The maximum atomic E-state index is 13.5. The number of fused-ring (bicyclic) bond motifs is 3. The van der Waals surface area contributed by atoms with E-state index in [1.54, 1.807) is 0 Å². The summed E-state index contributed by atoms with van der Waals surface area (Å²) < 4.78 is 12.0. The number of Topliss-reactive ketones (excluding diaryl/α,β-unsaturated/α-hetero) is 1. The number of morpholine rings is 1. The van der Waals surface area contributed by atoms with Crippen LogP contribution < -0.4 is 10.1 Å². The Balaban J connectivity index is 1.69. The number of benzene rings is 1. The molecule has 4 rings (SSSR count). The lowest BCUT2D eigenvalue weighted by Gasteiger charge is -2.45. The minimum Gasteiger partial charge on any atom is -0.507 e. The zero-order valence-electron chi connectivity index (χ0n) is 22.3. The molecule has 3 aliphatic rings. The van der Waals surface area contributed by atoms with Crippen LogP contribution in [0.5, 0.6) is 11.5 Å². The van der Waals surface area contributed by atoms with Crippen molar-refractivity contribution in [1.29, 1.82) is 0 Å². The second-order valence-corrected chi connectivity index (χ2v) is 11.2. The maximum Gasteiger partial charge on any atom is 0.192 e. The molecule has 0 bridgehead atoms. The van der Waals surface area contributed by atoms with Gasteiger partial charge in [-0.15, -0.1) is 0 Å². The van der Waals surface area contributed by atoms with Gasteiger partial charge in [-0.1, -0.05) is 46.5 Å². The highest BCUT2D eigenvalue weighted by molar-refractivity contribution is 6.05. The fraction of sp³-hybridized carbons (Fsp3) is 0.690. The maximum absolute atomic E-state index is 13.5. The third-order valence-corrected chi connectivity index (χ3v) is 8.33. The molecule has 35 heavy (non-hydrogen) atoms. The van der Waals surface area contributed by atoms with Crippen LogP contribution in [0, 0.1) is 11.8 Å². The van der Waals surface area contributed by atoms with E-state index in [9.17, 15) is 9.90 Å². The van der Waals surface area contributed by atoms with Crippen LogP contribution in [0.4, 0.5) is 0 Å². The summed E-state index contributed by atoms with van der Waals surface area (Å²) in [5.74, 6) is 1.88. The first kappa shape index (κ1) is 26.0. The van der Waals surface area contributed by atoms with Gasteiger partial charge in [0.2, 0.25) is 0 Å². The summed E-state index contributed by atoms with van der Waals surface area (Å²) in [6, 6.07) is 4.02. The predicted molar refractivity (Wildman–Crippen MR) is 140 cm³/mol. The monoisotopic (exact) mass is 484 g/mol.